The second kappa shape index (κ2) is 12.3. The smallest absolute Gasteiger partial charge is 0.176 e. The number of methoxy groups -OCH3 is 3. The van der Waals surface area contributed by atoms with Crippen LogP contribution in [0.3, 0.4) is 0 Å². The first-order chi connectivity index (χ1) is 17.6. The number of nitrogens with zero attached hydrogens (tertiary/aromatic N) is 1. The fraction of sp³-hybridized carbons (Fsp3) is 0.207. The summed E-state index contributed by atoms with van der Waals surface area (Å²) in [6, 6.07) is 25.3. The van der Waals surface area contributed by atoms with E-state index in [4.69, 9.17) is 18.9 Å². The highest BCUT2D eigenvalue weighted by atomic mass is 32.2. The summed E-state index contributed by atoms with van der Waals surface area (Å²) >= 11 is 0. The summed E-state index contributed by atoms with van der Waals surface area (Å²) in [6.07, 6.45) is 2.24. The van der Waals surface area contributed by atoms with Crippen molar-refractivity contribution in [2.75, 3.05) is 27.9 Å². The first kappa shape index (κ1) is 25.4. The van der Waals surface area contributed by atoms with Crippen LogP contribution in [-0.4, -0.2) is 38.4 Å². The molecule has 1 unspecified atom stereocenters. The van der Waals surface area contributed by atoms with E-state index in [0.29, 0.717) is 41.8 Å². The Balaban J connectivity index is 1.60. The first-order valence-electron chi connectivity index (χ1n) is 11.5. The predicted molar refractivity (Wildman–Crippen MR) is 144 cm³/mol. The lowest BCUT2D eigenvalue weighted by Crippen LogP contribution is -2.04. The summed E-state index contributed by atoms with van der Waals surface area (Å²) in [7, 11) is 3.07. The Bertz CT molecular complexity index is 1370. The molecule has 0 saturated heterocycles. The maximum absolute atomic E-state index is 13.4. The van der Waals surface area contributed by atoms with Gasteiger partial charge in [-0.15, -0.1) is 0 Å². The van der Waals surface area contributed by atoms with Gasteiger partial charge in [0.15, 0.2) is 22.5 Å². The van der Waals surface area contributed by atoms with E-state index in [1.54, 1.807) is 27.5 Å². The molecule has 0 radical (unpaired) electrons. The number of hydrogen-bond acceptors (Lipinski definition) is 5. The predicted octanol–water partition coefficient (Wildman–Crippen LogP) is 5.77. The largest absolute Gasteiger partial charge is 0.495 e. The monoisotopic (exact) mass is 503 g/mol. The molecule has 0 bridgehead atoms. The van der Waals surface area contributed by atoms with E-state index >= 15 is 0 Å². The van der Waals surface area contributed by atoms with Crippen LogP contribution in [0.1, 0.15) is 16.7 Å². The fourth-order valence-electron chi connectivity index (χ4n) is 3.94. The molecule has 0 heterocycles. The Hall–Kier alpha value is -3.68. The van der Waals surface area contributed by atoms with Crippen molar-refractivity contribution in [1.82, 2.24) is 0 Å². The molecule has 0 N–H and O–H groups in total. The Morgan fingerprint density at radius 3 is 2.25 bits per heavy atom. The Kier molecular flexibility index (Phi) is 8.71. The third kappa shape index (κ3) is 5.93. The summed E-state index contributed by atoms with van der Waals surface area (Å²) in [6.45, 7) is 1.04. The minimum atomic E-state index is -1.69. The second-order valence-corrected chi connectivity index (χ2v) is 9.11. The van der Waals surface area contributed by atoms with E-state index in [-0.39, 0.29) is 0 Å². The van der Waals surface area contributed by atoms with Crippen LogP contribution in [-0.2, 0) is 28.8 Å². The van der Waals surface area contributed by atoms with Crippen LogP contribution in [0.4, 0.5) is 0 Å². The topological polar surface area (TPSA) is 66.4 Å². The molecule has 0 amide bonds. The normalized spacial score (nSPS) is 12.1. The van der Waals surface area contributed by atoms with Crippen molar-refractivity contribution in [3.8, 4) is 17.2 Å². The van der Waals surface area contributed by atoms with E-state index in [1.165, 1.54) is 0 Å². The average Bonchev–Trinajstić information content (AvgIpc) is 2.93. The molecule has 4 rings (SSSR count). The molecule has 0 aliphatic heterocycles. The van der Waals surface area contributed by atoms with Gasteiger partial charge in [0, 0.05) is 17.2 Å². The van der Waals surface area contributed by atoms with Gasteiger partial charge in [0.25, 0.3) is 0 Å². The van der Waals surface area contributed by atoms with E-state index in [2.05, 4.69) is 4.40 Å². The molecule has 186 valence electrons. The van der Waals surface area contributed by atoms with Crippen LogP contribution in [0.2, 0.25) is 0 Å². The SMILES string of the molecule is COc1cc(/C=N/S(=O)c2c(OC)ccc3ccccc23)c(CCOCc2ccccc2)cc1OC. The molecule has 6 nitrogen and oxygen atoms in total. The maximum atomic E-state index is 13.4. The lowest BCUT2D eigenvalue weighted by Gasteiger charge is -2.13. The minimum Gasteiger partial charge on any atom is -0.495 e. The zero-order chi connectivity index (χ0) is 25.3. The van der Waals surface area contributed by atoms with Gasteiger partial charge in [-0.2, -0.15) is 4.40 Å². The first-order valence-corrected chi connectivity index (χ1v) is 12.6. The van der Waals surface area contributed by atoms with E-state index in [0.717, 1.165) is 27.5 Å². The molecule has 1 atom stereocenters. The molecule has 0 spiro atoms. The van der Waals surface area contributed by atoms with Crippen LogP contribution < -0.4 is 14.2 Å². The third-order valence-electron chi connectivity index (χ3n) is 5.80. The zero-order valence-corrected chi connectivity index (χ0v) is 21.4. The standard InChI is InChI=1S/C29H29NO5S/c1-32-26-14-13-22-11-7-8-12-25(22)29(26)36(31)30-19-24-18-28(34-3)27(33-2)17-23(24)15-16-35-20-21-9-5-4-6-10-21/h4-14,17-19H,15-16,20H2,1-3H3/b30-19+. The van der Waals surface area contributed by atoms with Crippen molar-refractivity contribution in [2.24, 2.45) is 4.40 Å². The summed E-state index contributed by atoms with van der Waals surface area (Å²) in [5, 5.41) is 1.81. The highest BCUT2D eigenvalue weighted by molar-refractivity contribution is 7.84. The fourth-order valence-corrected chi connectivity index (χ4v) is 4.95. The van der Waals surface area contributed by atoms with Crippen molar-refractivity contribution in [1.29, 1.82) is 0 Å². The van der Waals surface area contributed by atoms with Gasteiger partial charge in [-0.05, 0) is 41.1 Å². The maximum Gasteiger partial charge on any atom is 0.176 e. The van der Waals surface area contributed by atoms with Crippen molar-refractivity contribution >= 4 is 28.0 Å². The van der Waals surface area contributed by atoms with Crippen LogP contribution in [0.25, 0.3) is 10.8 Å². The number of hydrogen-bond donors (Lipinski definition) is 0. The van der Waals surface area contributed by atoms with E-state index < -0.39 is 11.0 Å². The van der Waals surface area contributed by atoms with Gasteiger partial charge in [-0.1, -0.05) is 60.7 Å². The van der Waals surface area contributed by atoms with Crippen molar-refractivity contribution < 1.29 is 23.2 Å². The molecular weight excluding hydrogens is 474 g/mol. The number of benzene rings is 4. The van der Waals surface area contributed by atoms with Crippen LogP contribution >= 0.6 is 0 Å². The molecule has 0 aromatic heterocycles. The van der Waals surface area contributed by atoms with Crippen molar-refractivity contribution in [3.05, 3.63) is 95.6 Å². The van der Waals surface area contributed by atoms with Crippen LogP contribution in [0.5, 0.6) is 17.2 Å². The Labute approximate surface area is 214 Å². The van der Waals surface area contributed by atoms with E-state index in [9.17, 15) is 4.21 Å². The molecule has 36 heavy (non-hydrogen) atoms. The lowest BCUT2D eigenvalue weighted by atomic mass is 10.0. The Morgan fingerprint density at radius 2 is 1.50 bits per heavy atom. The van der Waals surface area contributed by atoms with Gasteiger partial charge >= 0.3 is 0 Å². The van der Waals surface area contributed by atoms with Gasteiger partial charge in [-0.3, -0.25) is 0 Å². The second-order valence-electron chi connectivity index (χ2n) is 8.00. The lowest BCUT2D eigenvalue weighted by molar-refractivity contribution is 0.124. The van der Waals surface area contributed by atoms with Crippen molar-refractivity contribution in [3.63, 3.8) is 0 Å². The molecule has 0 aliphatic carbocycles. The van der Waals surface area contributed by atoms with Crippen LogP contribution in [0.15, 0.2) is 88.2 Å². The summed E-state index contributed by atoms with van der Waals surface area (Å²) in [5.74, 6) is 1.72. The van der Waals surface area contributed by atoms with Gasteiger partial charge in [0.2, 0.25) is 0 Å². The van der Waals surface area contributed by atoms with Crippen molar-refractivity contribution in [2.45, 2.75) is 17.9 Å². The highest BCUT2D eigenvalue weighted by Crippen LogP contribution is 2.33. The van der Waals surface area contributed by atoms with E-state index in [1.807, 2.05) is 78.9 Å². The summed E-state index contributed by atoms with van der Waals surface area (Å²) in [5.41, 5.74) is 2.85. The molecule has 0 saturated carbocycles. The molecule has 4 aromatic rings. The molecular formula is C29H29NO5S. The number of fused-ring (bicyclic) bond motifs is 1. The highest BCUT2D eigenvalue weighted by Gasteiger charge is 2.15. The summed E-state index contributed by atoms with van der Waals surface area (Å²) < 4.78 is 40.2. The van der Waals surface area contributed by atoms with Crippen LogP contribution in [0, 0.1) is 0 Å². The molecule has 4 aromatic carbocycles. The Morgan fingerprint density at radius 1 is 0.806 bits per heavy atom. The van der Waals surface area contributed by atoms with Gasteiger partial charge in [0.05, 0.1) is 34.5 Å². The quantitative estimate of drug-likeness (QED) is 0.192. The number of ether oxygens (including phenoxy) is 4. The molecule has 0 fully saturated rings. The average molecular weight is 504 g/mol. The molecule has 7 heteroatoms. The summed E-state index contributed by atoms with van der Waals surface area (Å²) in [4.78, 5) is 0.542. The van der Waals surface area contributed by atoms with Gasteiger partial charge in [0.1, 0.15) is 10.6 Å². The minimum absolute atomic E-state index is 0.505. The molecule has 0 aliphatic rings. The number of rotatable bonds is 11. The van der Waals surface area contributed by atoms with Gasteiger partial charge in [-0.25, -0.2) is 4.21 Å². The zero-order valence-electron chi connectivity index (χ0n) is 20.6. The van der Waals surface area contributed by atoms with Gasteiger partial charge < -0.3 is 18.9 Å². The third-order valence-corrected chi connectivity index (χ3v) is 6.87.